The van der Waals surface area contributed by atoms with Gasteiger partial charge in [-0.05, 0) is 6.92 Å². The van der Waals surface area contributed by atoms with Crippen LogP contribution in [0.25, 0.3) is 0 Å². The van der Waals surface area contributed by atoms with Crippen LogP contribution in [0.4, 0.5) is 5.69 Å². The molecule has 2 heterocycles. The van der Waals surface area contributed by atoms with Gasteiger partial charge in [0.25, 0.3) is 0 Å². The van der Waals surface area contributed by atoms with E-state index in [1.54, 1.807) is 4.68 Å². The van der Waals surface area contributed by atoms with Crippen LogP contribution in [0.1, 0.15) is 5.69 Å². The van der Waals surface area contributed by atoms with Gasteiger partial charge in [0, 0.05) is 39.4 Å². The monoisotopic (exact) mass is 237 g/mol. The van der Waals surface area contributed by atoms with Crippen molar-refractivity contribution in [2.24, 2.45) is 7.05 Å². The molecule has 94 valence electrons. The quantitative estimate of drug-likeness (QED) is 0.749. The Kier molecular flexibility index (Phi) is 3.75. The first-order chi connectivity index (χ1) is 8.15. The van der Waals surface area contributed by atoms with Crippen LogP contribution in [0.3, 0.4) is 0 Å². The molecule has 1 aliphatic rings. The lowest BCUT2D eigenvalue weighted by atomic mass is 10.3. The van der Waals surface area contributed by atoms with Crippen LogP contribution < -0.4 is 10.6 Å². The van der Waals surface area contributed by atoms with Crippen LogP contribution in [-0.4, -0.2) is 53.3 Å². The summed E-state index contributed by atoms with van der Waals surface area (Å²) in [5, 5.41) is 10.3. The van der Waals surface area contributed by atoms with Gasteiger partial charge in [0.1, 0.15) is 0 Å². The first-order valence-corrected chi connectivity index (χ1v) is 5.88. The first kappa shape index (κ1) is 12.1. The highest BCUT2D eigenvalue weighted by atomic mass is 16.2. The van der Waals surface area contributed by atoms with Crippen LogP contribution in [0, 0.1) is 6.92 Å². The molecule has 0 bridgehead atoms. The third kappa shape index (κ3) is 3.28. The highest BCUT2D eigenvalue weighted by Gasteiger charge is 2.14. The number of hydrogen-bond acceptors (Lipinski definition) is 4. The molecule has 0 saturated carbocycles. The summed E-state index contributed by atoms with van der Waals surface area (Å²) in [6.07, 6.45) is 1.82. The molecule has 0 atom stereocenters. The number of anilines is 1. The van der Waals surface area contributed by atoms with Gasteiger partial charge in [0.15, 0.2) is 0 Å². The molecule has 0 aliphatic carbocycles. The summed E-state index contributed by atoms with van der Waals surface area (Å²) in [7, 11) is 1.85. The molecule has 0 aromatic carbocycles. The number of aryl methyl sites for hydroxylation is 2. The lowest BCUT2D eigenvalue weighted by molar-refractivity contribution is -0.117. The summed E-state index contributed by atoms with van der Waals surface area (Å²) in [6, 6.07) is 0. The normalized spacial score (nSPS) is 17.1. The standard InChI is InChI=1S/C11H19N5O/c1-9-10(7-15(2)14-9)13-11(17)8-16-5-3-12-4-6-16/h7,12H,3-6,8H2,1-2H3,(H,13,17). The Morgan fingerprint density at radius 3 is 2.82 bits per heavy atom. The summed E-state index contributed by atoms with van der Waals surface area (Å²) in [5.74, 6) is 0.0306. The van der Waals surface area contributed by atoms with E-state index < -0.39 is 0 Å². The molecule has 1 aromatic rings. The average molecular weight is 237 g/mol. The molecule has 17 heavy (non-hydrogen) atoms. The SMILES string of the molecule is Cc1nn(C)cc1NC(=O)CN1CCNCC1. The molecular weight excluding hydrogens is 218 g/mol. The maximum atomic E-state index is 11.8. The zero-order valence-electron chi connectivity index (χ0n) is 10.4. The molecule has 0 radical (unpaired) electrons. The van der Waals surface area contributed by atoms with E-state index in [1.807, 2.05) is 20.2 Å². The number of rotatable bonds is 3. The molecule has 1 aliphatic heterocycles. The fraction of sp³-hybridized carbons (Fsp3) is 0.636. The van der Waals surface area contributed by atoms with E-state index in [0.29, 0.717) is 6.54 Å². The molecule has 6 heteroatoms. The maximum Gasteiger partial charge on any atom is 0.238 e. The maximum absolute atomic E-state index is 11.8. The third-order valence-corrected chi connectivity index (χ3v) is 2.86. The van der Waals surface area contributed by atoms with Gasteiger partial charge in [-0.25, -0.2) is 0 Å². The van der Waals surface area contributed by atoms with Crippen LogP contribution in [0.5, 0.6) is 0 Å². The van der Waals surface area contributed by atoms with Crippen molar-refractivity contribution in [2.75, 3.05) is 38.0 Å². The van der Waals surface area contributed by atoms with Crippen molar-refractivity contribution in [3.63, 3.8) is 0 Å². The van der Waals surface area contributed by atoms with E-state index in [4.69, 9.17) is 0 Å². The minimum atomic E-state index is 0.0306. The van der Waals surface area contributed by atoms with Gasteiger partial charge in [0.05, 0.1) is 17.9 Å². The predicted octanol–water partition coefficient (Wildman–Crippen LogP) is -0.428. The molecule has 1 amide bonds. The molecule has 2 N–H and O–H groups in total. The Hall–Kier alpha value is -1.40. The summed E-state index contributed by atoms with van der Waals surface area (Å²) in [5.41, 5.74) is 1.65. The molecular formula is C11H19N5O. The van der Waals surface area contributed by atoms with Crippen LogP contribution in [-0.2, 0) is 11.8 Å². The summed E-state index contributed by atoms with van der Waals surface area (Å²) < 4.78 is 1.70. The Labute approximate surface area is 101 Å². The number of piperazine rings is 1. The van der Waals surface area contributed by atoms with E-state index in [-0.39, 0.29) is 5.91 Å². The minimum Gasteiger partial charge on any atom is -0.322 e. The number of nitrogens with one attached hydrogen (secondary N) is 2. The summed E-state index contributed by atoms with van der Waals surface area (Å²) in [6.45, 7) is 6.12. The number of nitrogens with zero attached hydrogens (tertiary/aromatic N) is 3. The second-order valence-corrected chi connectivity index (χ2v) is 4.38. The first-order valence-electron chi connectivity index (χ1n) is 5.88. The van der Waals surface area contributed by atoms with Crippen LogP contribution >= 0.6 is 0 Å². The molecule has 1 fully saturated rings. The number of amides is 1. The average Bonchev–Trinajstić information content (AvgIpc) is 2.58. The fourth-order valence-electron chi connectivity index (χ4n) is 1.98. The van der Waals surface area contributed by atoms with Crippen molar-refractivity contribution in [1.29, 1.82) is 0 Å². The van der Waals surface area contributed by atoms with Gasteiger partial charge in [-0.15, -0.1) is 0 Å². The number of aromatic nitrogens is 2. The van der Waals surface area contributed by atoms with Crippen molar-refractivity contribution < 1.29 is 4.79 Å². The highest BCUT2D eigenvalue weighted by Crippen LogP contribution is 2.11. The Balaban J connectivity index is 1.86. The van der Waals surface area contributed by atoms with E-state index >= 15 is 0 Å². The minimum absolute atomic E-state index is 0.0306. The molecule has 1 saturated heterocycles. The highest BCUT2D eigenvalue weighted by molar-refractivity contribution is 5.92. The second-order valence-electron chi connectivity index (χ2n) is 4.38. The number of hydrogen-bond donors (Lipinski definition) is 2. The van der Waals surface area contributed by atoms with Gasteiger partial charge in [-0.2, -0.15) is 5.10 Å². The van der Waals surface area contributed by atoms with Crippen molar-refractivity contribution in [1.82, 2.24) is 20.0 Å². The van der Waals surface area contributed by atoms with E-state index in [2.05, 4.69) is 20.6 Å². The number of carbonyl (C=O) groups is 1. The van der Waals surface area contributed by atoms with Crippen molar-refractivity contribution in [3.05, 3.63) is 11.9 Å². The summed E-state index contributed by atoms with van der Waals surface area (Å²) in [4.78, 5) is 14.0. The van der Waals surface area contributed by atoms with Crippen molar-refractivity contribution >= 4 is 11.6 Å². The van der Waals surface area contributed by atoms with Crippen LogP contribution in [0.2, 0.25) is 0 Å². The third-order valence-electron chi connectivity index (χ3n) is 2.86. The van der Waals surface area contributed by atoms with E-state index in [9.17, 15) is 4.79 Å². The topological polar surface area (TPSA) is 62.2 Å². The van der Waals surface area contributed by atoms with Crippen LogP contribution in [0.15, 0.2) is 6.20 Å². The van der Waals surface area contributed by atoms with Gasteiger partial charge in [0.2, 0.25) is 5.91 Å². The van der Waals surface area contributed by atoms with Gasteiger partial charge < -0.3 is 10.6 Å². The molecule has 0 unspecified atom stereocenters. The van der Waals surface area contributed by atoms with Gasteiger partial charge in [-0.3, -0.25) is 14.4 Å². The Bertz CT molecular complexity index is 395. The van der Waals surface area contributed by atoms with Crippen molar-refractivity contribution in [3.8, 4) is 0 Å². The molecule has 2 rings (SSSR count). The molecule has 1 aromatic heterocycles. The van der Waals surface area contributed by atoms with E-state index in [0.717, 1.165) is 37.6 Å². The predicted molar refractivity (Wildman–Crippen MR) is 65.9 cm³/mol. The smallest absolute Gasteiger partial charge is 0.238 e. The lowest BCUT2D eigenvalue weighted by Gasteiger charge is -2.26. The van der Waals surface area contributed by atoms with Gasteiger partial charge in [-0.1, -0.05) is 0 Å². The fourth-order valence-corrected chi connectivity index (χ4v) is 1.98. The van der Waals surface area contributed by atoms with Gasteiger partial charge >= 0.3 is 0 Å². The van der Waals surface area contributed by atoms with E-state index in [1.165, 1.54) is 0 Å². The largest absolute Gasteiger partial charge is 0.322 e. The molecule has 6 nitrogen and oxygen atoms in total. The van der Waals surface area contributed by atoms with Crippen molar-refractivity contribution in [2.45, 2.75) is 6.92 Å². The Morgan fingerprint density at radius 1 is 1.53 bits per heavy atom. The zero-order valence-corrected chi connectivity index (χ0v) is 10.4. The second kappa shape index (κ2) is 5.29. The Morgan fingerprint density at radius 2 is 2.24 bits per heavy atom. The number of carbonyl (C=O) groups excluding carboxylic acids is 1. The summed E-state index contributed by atoms with van der Waals surface area (Å²) >= 11 is 0. The zero-order chi connectivity index (χ0) is 12.3. The lowest BCUT2D eigenvalue weighted by Crippen LogP contribution is -2.46. The molecule has 0 spiro atoms.